The number of benzene rings is 2. The van der Waals surface area contributed by atoms with Crippen molar-refractivity contribution in [2.75, 3.05) is 11.9 Å². The molecule has 25 heavy (non-hydrogen) atoms. The van der Waals surface area contributed by atoms with Gasteiger partial charge in [-0.3, -0.25) is 0 Å². The van der Waals surface area contributed by atoms with Gasteiger partial charge in [-0.15, -0.1) is 15.0 Å². The number of anilines is 1. The smallest absolute Gasteiger partial charge is 0.115 e. The van der Waals surface area contributed by atoms with Crippen LogP contribution in [0.4, 0.5) is 5.69 Å². The van der Waals surface area contributed by atoms with Crippen LogP contribution < -0.4 is 4.90 Å². The highest BCUT2D eigenvalue weighted by atomic mass is 32.2. The van der Waals surface area contributed by atoms with E-state index in [2.05, 4.69) is 58.2 Å². The second-order valence-corrected chi connectivity index (χ2v) is 7.94. The molecule has 0 fully saturated rings. The molecular weight excluding hydrogens is 328 g/mol. The van der Waals surface area contributed by atoms with E-state index >= 15 is 0 Å². The predicted molar refractivity (Wildman–Crippen MR) is 106 cm³/mol. The van der Waals surface area contributed by atoms with Crippen LogP contribution in [-0.4, -0.2) is 22.0 Å². The van der Waals surface area contributed by atoms with Crippen LogP contribution in [0.15, 0.2) is 28.6 Å². The van der Waals surface area contributed by atoms with E-state index in [0.29, 0.717) is 0 Å². The summed E-state index contributed by atoms with van der Waals surface area (Å²) >= 11 is 1.69. The van der Waals surface area contributed by atoms with Gasteiger partial charge in [0, 0.05) is 11.9 Å². The number of aromatic nitrogens is 3. The first kappa shape index (κ1) is 16.2. The lowest BCUT2D eigenvalue weighted by molar-refractivity contribution is 0.751. The molecule has 1 aliphatic heterocycles. The Morgan fingerprint density at radius 1 is 0.840 bits per heavy atom. The Morgan fingerprint density at radius 2 is 1.36 bits per heavy atom. The highest BCUT2D eigenvalue weighted by Gasteiger charge is 2.23. The summed E-state index contributed by atoms with van der Waals surface area (Å²) in [5, 5.41) is 10.6. The summed E-state index contributed by atoms with van der Waals surface area (Å²) < 4.78 is 0. The van der Waals surface area contributed by atoms with Crippen LogP contribution in [0, 0.1) is 34.6 Å². The summed E-state index contributed by atoms with van der Waals surface area (Å²) in [6.45, 7) is 14.9. The number of hydrogen-bond donors (Lipinski definition) is 0. The first-order chi connectivity index (χ1) is 11.8. The third-order valence-corrected chi connectivity index (χ3v) is 6.64. The largest absolute Gasteiger partial charge is 0.339 e. The normalized spacial score (nSPS) is 13.8. The molecule has 0 aliphatic carbocycles. The van der Waals surface area contributed by atoms with Gasteiger partial charge in [0.25, 0.3) is 0 Å². The van der Waals surface area contributed by atoms with Crippen LogP contribution in [0.5, 0.6) is 0 Å². The molecule has 2 aromatic carbocycles. The average molecular weight is 350 g/mol. The van der Waals surface area contributed by atoms with Crippen LogP contribution in [0.1, 0.15) is 27.8 Å². The van der Waals surface area contributed by atoms with Crippen molar-refractivity contribution >= 4 is 28.5 Å². The van der Waals surface area contributed by atoms with Gasteiger partial charge in [-0.2, -0.15) is 0 Å². The molecule has 4 rings (SSSR count). The molecule has 5 heteroatoms. The SMILES string of the molecule is C=C1Sc2cc3nn(-c4c(C)c(C)c(C)c(C)c4C)nc3cc2N1C. The van der Waals surface area contributed by atoms with Gasteiger partial charge in [-0.05, 0) is 74.6 Å². The van der Waals surface area contributed by atoms with E-state index in [4.69, 9.17) is 10.2 Å². The third kappa shape index (κ3) is 2.22. The van der Waals surface area contributed by atoms with Crippen molar-refractivity contribution in [3.05, 3.63) is 51.6 Å². The summed E-state index contributed by atoms with van der Waals surface area (Å²) in [5.74, 6) is 0. The Balaban J connectivity index is 1.95. The van der Waals surface area contributed by atoms with Gasteiger partial charge >= 0.3 is 0 Å². The summed E-state index contributed by atoms with van der Waals surface area (Å²) in [5.41, 5.74) is 10.6. The molecule has 3 aromatic rings. The monoisotopic (exact) mass is 350 g/mol. The van der Waals surface area contributed by atoms with Gasteiger partial charge in [0.1, 0.15) is 11.0 Å². The molecular formula is C20H22N4S. The second kappa shape index (κ2) is 5.36. The molecule has 4 nitrogen and oxygen atoms in total. The first-order valence-electron chi connectivity index (χ1n) is 8.38. The van der Waals surface area contributed by atoms with Crippen LogP contribution in [-0.2, 0) is 0 Å². The van der Waals surface area contributed by atoms with Crippen molar-refractivity contribution in [2.45, 2.75) is 39.5 Å². The quantitative estimate of drug-likeness (QED) is 0.620. The first-order valence-corrected chi connectivity index (χ1v) is 9.20. The van der Waals surface area contributed by atoms with Gasteiger partial charge in [-0.1, -0.05) is 18.3 Å². The molecule has 0 saturated carbocycles. The van der Waals surface area contributed by atoms with Gasteiger partial charge in [0.15, 0.2) is 0 Å². The van der Waals surface area contributed by atoms with Crippen molar-refractivity contribution in [1.82, 2.24) is 15.0 Å². The standard InChI is InChI=1S/C20H22N4S/c1-10-11(2)13(4)20(14(5)12(10)3)24-21-16-8-18-19(9-17(16)22-24)25-15(6)23(18)7/h8-9H,6H2,1-5,7H3. The number of fused-ring (bicyclic) bond motifs is 2. The Morgan fingerprint density at radius 3 is 1.96 bits per heavy atom. The molecule has 0 saturated heterocycles. The van der Waals surface area contributed by atoms with E-state index in [0.717, 1.165) is 27.4 Å². The summed E-state index contributed by atoms with van der Waals surface area (Å²) in [6, 6.07) is 4.23. The fourth-order valence-electron chi connectivity index (χ4n) is 3.49. The van der Waals surface area contributed by atoms with E-state index in [1.54, 1.807) is 11.8 Å². The van der Waals surface area contributed by atoms with E-state index in [1.165, 1.54) is 32.7 Å². The summed E-state index contributed by atoms with van der Waals surface area (Å²) in [6.07, 6.45) is 0. The maximum Gasteiger partial charge on any atom is 0.115 e. The number of hydrogen-bond acceptors (Lipinski definition) is 4. The van der Waals surface area contributed by atoms with Crippen LogP contribution in [0.25, 0.3) is 16.7 Å². The highest BCUT2D eigenvalue weighted by Crippen LogP contribution is 2.45. The fraction of sp³-hybridized carbons (Fsp3) is 0.300. The van der Waals surface area contributed by atoms with Gasteiger partial charge in [0.05, 0.1) is 16.4 Å². The molecule has 0 bridgehead atoms. The molecule has 0 unspecified atom stereocenters. The minimum absolute atomic E-state index is 0.913. The van der Waals surface area contributed by atoms with Gasteiger partial charge < -0.3 is 4.90 Å². The average Bonchev–Trinajstić information content (AvgIpc) is 3.10. The molecule has 0 N–H and O–H groups in total. The van der Waals surface area contributed by atoms with Gasteiger partial charge in [-0.25, -0.2) is 0 Å². The minimum Gasteiger partial charge on any atom is -0.339 e. The van der Waals surface area contributed by atoms with Crippen molar-refractivity contribution in [1.29, 1.82) is 0 Å². The molecule has 1 aromatic heterocycles. The van der Waals surface area contributed by atoms with Crippen LogP contribution in [0.2, 0.25) is 0 Å². The molecule has 1 aliphatic rings. The van der Waals surface area contributed by atoms with E-state index in [-0.39, 0.29) is 0 Å². The lowest BCUT2D eigenvalue weighted by Crippen LogP contribution is -2.08. The Labute approximate surface area is 152 Å². The lowest BCUT2D eigenvalue weighted by atomic mass is 9.93. The molecule has 0 amide bonds. The molecule has 2 heterocycles. The molecule has 0 radical (unpaired) electrons. The van der Waals surface area contributed by atoms with Crippen molar-refractivity contribution in [2.24, 2.45) is 0 Å². The van der Waals surface area contributed by atoms with Crippen LogP contribution in [0.3, 0.4) is 0 Å². The highest BCUT2D eigenvalue weighted by molar-refractivity contribution is 8.03. The fourth-order valence-corrected chi connectivity index (χ4v) is 4.45. The van der Waals surface area contributed by atoms with Gasteiger partial charge in [0.2, 0.25) is 0 Å². The third-order valence-electron chi connectivity index (χ3n) is 5.58. The Bertz CT molecular complexity index is 1030. The number of thioether (sulfide) groups is 1. The van der Waals surface area contributed by atoms with Crippen molar-refractivity contribution in [3.8, 4) is 5.69 Å². The molecule has 128 valence electrons. The Hall–Kier alpha value is -2.27. The van der Waals surface area contributed by atoms with E-state index < -0.39 is 0 Å². The maximum absolute atomic E-state index is 4.79. The maximum atomic E-state index is 4.79. The van der Waals surface area contributed by atoms with Crippen molar-refractivity contribution < 1.29 is 0 Å². The number of rotatable bonds is 1. The topological polar surface area (TPSA) is 34.0 Å². The summed E-state index contributed by atoms with van der Waals surface area (Å²) in [7, 11) is 2.04. The summed E-state index contributed by atoms with van der Waals surface area (Å²) in [4.78, 5) is 5.11. The zero-order valence-corrected chi connectivity index (χ0v) is 16.4. The number of nitrogens with zero attached hydrogens (tertiary/aromatic N) is 4. The molecule has 0 spiro atoms. The Kier molecular flexibility index (Phi) is 3.48. The van der Waals surface area contributed by atoms with E-state index in [1.807, 2.05) is 11.8 Å². The second-order valence-electron chi connectivity index (χ2n) is 6.83. The van der Waals surface area contributed by atoms with Crippen LogP contribution >= 0.6 is 11.8 Å². The zero-order valence-electron chi connectivity index (χ0n) is 15.6. The van der Waals surface area contributed by atoms with Crippen molar-refractivity contribution in [3.63, 3.8) is 0 Å². The predicted octanol–water partition coefficient (Wildman–Crippen LogP) is 4.98. The lowest BCUT2D eigenvalue weighted by Gasteiger charge is -2.17. The molecule has 0 atom stereocenters. The minimum atomic E-state index is 0.913. The van der Waals surface area contributed by atoms with E-state index in [9.17, 15) is 0 Å². The zero-order chi connectivity index (χ0) is 18.0.